The van der Waals surface area contributed by atoms with Gasteiger partial charge in [0, 0.05) is 25.7 Å². The number of nitrogens with zero attached hydrogens (tertiary/aromatic N) is 1. The van der Waals surface area contributed by atoms with Crippen LogP contribution >= 0.6 is 0 Å². The number of β-amino-alcohol motifs (C(OH)–C–C–N with tert-alkyl or cyclic N) is 1. The Hall–Kier alpha value is -0.120. The van der Waals surface area contributed by atoms with E-state index in [1.165, 1.54) is 19.4 Å². The number of aliphatic hydroxyl groups is 1. The Bertz CT molecular complexity index is 158. The van der Waals surface area contributed by atoms with Gasteiger partial charge in [-0.3, -0.25) is 4.90 Å². The predicted molar refractivity (Wildman–Crippen MR) is 52.6 cm³/mol. The molecule has 0 amide bonds. The van der Waals surface area contributed by atoms with Gasteiger partial charge in [0.15, 0.2) is 0 Å². The molecule has 2 heterocycles. The molecule has 3 heteroatoms. The Morgan fingerprint density at radius 3 is 2.77 bits per heavy atom. The molecule has 0 radical (unpaired) electrons. The normalized spacial score (nSPS) is 42.5. The standard InChI is InChI=1S/C10H20N2O/c1-8-6-12(7-10(8)13)9-3-2-4-11-5-9/h8-11,13H,2-7H2,1H3. The SMILES string of the molecule is CC1CN(C2CCCNC2)CC1O. The second-order valence-corrected chi connectivity index (χ2v) is 4.50. The second kappa shape index (κ2) is 3.95. The number of hydrogen-bond donors (Lipinski definition) is 2. The van der Waals surface area contributed by atoms with Crippen molar-refractivity contribution < 1.29 is 5.11 Å². The molecule has 3 atom stereocenters. The molecule has 0 aromatic carbocycles. The summed E-state index contributed by atoms with van der Waals surface area (Å²) in [5.41, 5.74) is 0. The summed E-state index contributed by atoms with van der Waals surface area (Å²) in [7, 11) is 0. The first-order chi connectivity index (χ1) is 6.27. The second-order valence-electron chi connectivity index (χ2n) is 4.50. The van der Waals surface area contributed by atoms with Crippen molar-refractivity contribution in [1.29, 1.82) is 0 Å². The minimum atomic E-state index is -0.0954. The largest absolute Gasteiger partial charge is 0.391 e. The van der Waals surface area contributed by atoms with Crippen molar-refractivity contribution in [2.24, 2.45) is 5.92 Å². The van der Waals surface area contributed by atoms with Gasteiger partial charge in [-0.25, -0.2) is 0 Å². The third-order valence-corrected chi connectivity index (χ3v) is 3.39. The quantitative estimate of drug-likeness (QED) is 0.604. The van der Waals surface area contributed by atoms with Crippen LogP contribution in [0.2, 0.25) is 0 Å². The predicted octanol–water partition coefficient (Wildman–Crippen LogP) is 0.0510. The Labute approximate surface area is 80.1 Å². The fourth-order valence-corrected chi connectivity index (χ4v) is 2.43. The average molecular weight is 184 g/mol. The van der Waals surface area contributed by atoms with E-state index in [2.05, 4.69) is 17.1 Å². The molecule has 13 heavy (non-hydrogen) atoms. The van der Waals surface area contributed by atoms with Crippen LogP contribution in [0.1, 0.15) is 19.8 Å². The topological polar surface area (TPSA) is 35.5 Å². The monoisotopic (exact) mass is 184 g/mol. The molecule has 2 aliphatic heterocycles. The summed E-state index contributed by atoms with van der Waals surface area (Å²) in [5.74, 6) is 0.460. The van der Waals surface area contributed by atoms with Gasteiger partial charge < -0.3 is 10.4 Å². The molecule has 3 nitrogen and oxygen atoms in total. The molecule has 2 N–H and O–H groups in total. The molecule has 2 aliphatic rings. The minimum absolute atomic E-state index is 0.0954. The number of rotatable bonds is 1. The molecule has 0 bridgehead atoms. The maximum Gasteiger partial charge on any atom is 0.0704 e. The number of hydrogen-bond acceptors (Lipinski definition) is 3. The maximum absolute atomic E-state index is 9.64. The van der Waals surface area contributed by atoms with Crippen molar-refractivity contribution in [3.05, 3.63) is 0 Å². The van der Waals surface area contributed by atoms with Crippen molar-refractivity contribution in [1.82, 2.24) is 10.2 Å². The van der Waals surface area contributed by atoms with Crippen molar-refractivity contribution in [3.8, 4) is 0 Å². The molecule has 0 aromatic heterocycles. The average Bonchev–Trinajstić information content (AvgIpc) is 2.49. The number of aliphatic hydroxyl groups excluding tert-OH is 1. The van der Waals surface area contributed by atoms with Gasteiger partial charge >= 0.3 is 0 Å². The summed E-state index contributed by atoms with van der Waals surface area (Å²) < 4.78 is 0. The van der Waals surface area contributed by atoms with E-state index in [0.29, 0.717) is 12.0 Å². The Morgan fingerprint density at radius 1 is 1.38 bits per heavy atom. The van der Waals surface area contributed by atoms with Crippen LogP contribution in [0, 0.1) is 5.92 Å². The van der Waals surface area contributed by atoms with Crippen molar-refractivity contribution in [2.75, 3.05) is 26.2 Å². The first kappa shape index (κ1) is 9.44. The van der Waals surface area contributed by atoms with E-state index < -0.39 is 0 Å². The van der Waals surface area contributed by atoms with Crippen LogP contribution in [0.4, 0.5) is 0 Å². The molecule has 0 aromatic rings. The van der Waals surface area contributed by atoms with Crippen molar-refractivity contribution in [2.45, 2.75) is 31.9 Å². The Balaban J connectivity index is 1.87. The summed E-state index contributed by atoms with van der Waals surface area (Å²) in [6.07, 6.45) is 2.49. The first-order valence-electron chi connectivity index (χ1n) is 5.40. The fraction of sp³-hybridized carbons (Fsp3) is 1.00. The zero-order valence-corrected chi connectivity index (χ0v) is 8.37. The van der Waals surface area contributed by atoms with Gasteiger partial charge in [-0.2, -0.15) is 0 Å². The third-order valence-electron chi connectivity index (χ3n) is 3.39. The summed E-state index contributed by atoms with van der Waals surface area (Å²) in [5, 5.41) is 13.1. The Kier molecular flexibility index (Phi) is 2.86. The first-order valence-corrected chi connectivity index (χ1v) is 5.40. The zero-order chi connectivity index (χ0) is 9.26. The summed E-state index contributed by atoms with van der Waals surface area (Å²) in [6, 6.07) is 0.674. The van der Waals surface area contributed by atoms with Crippen LogP contribution in [0.15, 0.2) is 0 Å². The molecular weight excluding hydrogens is 164 g/mol. The molecular formula is C10H20N2O. The smallest absolute Gasteiger partial charge is 0.0704 e. The fourth-order valence-electron chi connectivity index (χ4n) is 2.43. The summed E-state index contributed by atoms with van der Waals surface area (Å²) >= 11 is 0. The van der Waals surface area contributed by atoms with Gasteiger partial charge in [-0.1, -0.05) is 6.92 Å². The van der Waals surface area contributed by atoms with Gasteiger partial charge in [0.1, 0.15) is 0 Å². The van der Waals surface area contributed by atoms with Crippen LogP contribution < -0.4 is 5.32 Å². The van der Waals surface area contributed by atoms with Crippen molar-refractivity contribution >= 4 is 0 Å². The lowest BCUT2D eigenvalue weighted by Gasteiger charge is -2.31. The van der Waals surface area contributed by atoms with Crippen LogP contribution in [-0.2, 0) is 0 Å². The van der Waals surface area contributed by atoms with E-state index in [-0.39, 0.29) is 6.10 Å². The highest BCUT2D eigenvalue weighted by atomic mass is 16.3. The van der Waals surface area contributed by atoms with E-state index in [1.807, 2.05) is 0 Å². The van der Waals surface area contributed by atoms with Gasteiger partial charge in [-0.05, 0) is 25.3 Å². The van der Waals surface area contributed by atoms with Gasteiger partial charge in [0.2, 0.25) is 0 Å². The molecule has 2 rings (SSSR count). The Morgan fingerprint density at radius 2 is 2.23 bits per heavy atom. The van der Waals surface area contributed by atoms with E-state index in [9.17, 15) is 5.11 Å². The number of piperidine rings is 1. The highest BCUT2D eigenvalue weighted by Gasteiger charge is 2.32. The van der Waals surface area contributed by atoms with E-state index in [4.69, 9.17) is 0 Å². The molecule has 0 spiro atoms. The molecule has 76 valence electrons. The summed E-state index contributed by atoms with van der Waals surface area (Å²) in [6.45, 7) is 6.38. The molecule has 2 fully saturated rings. The van der Waals surface area contributed by atoms with Gasteiger partial charge in [-0.15, -0.1) is 0 Å². The molecule has 0 saturated carbocycles. The van der Waals surface area contributed by atoms with Crippen LogP contribution in [0.25, 0.3) is 0 Å². The molecule has 2 saturated heterocycles. The maximum atomic E-state index is 9.64. The van der Waals surface area contributed by atoms with Crippen LogP contribution in [-0.4, -0.2) is 48.3 Å². The van der Waals surface area contributed by atoms with Crippen LogP contribution in [0.3, 0.4) is 0 Å². The number of likely N-dealkylation sites (tertiary alicyclic amines) is 1. The lowest BCUT2D eigenvalue weighted by atomic mass is 10.1. The molecule has 0 aliphatic carbocycles. The number of nitrogens with one attached hydrogen (secondary N) is 1. The minimum Gasteiger partial charge on any atom is -0.391 e. The van der Waals surface area contributed by atoms with E-state index in [0.717, 1.165) is 19.6 Å². The highest BCUT2D eigenvalue weighted by Crippen LogP contribution is 2.21. The lowest BCUT2D eigenvalue weighted by Crippen LogP contribution is -2.45. The summed E-state index contributed by atoms with van der Waals surface area (Å²) in [4.78, 5) is 2.45. The lowest BCUT2D eigenvalue weighted by molar-refractivity contribution is 0.135. The van der Waals surface area contributed by atoms with Gasteiger partial charge in [0.05, 0.1) is 6.10 Å². The molecule has 3 unspecified atom stereocenters. The zero-order valence-electron chi connectivity index (χ0n) is 8.37. The highest BCUT2D eigenvalue weighted by molar-refractivity contribution is 4.87. The van der Waals surface area contributed by atoms with E-state index >= 15 is 0 Å². The van der Waals surface area contributed by atoms with E-state index in [1.54, 1.807) is 0 Å². The van der Waals surface area contributed by atoms with Crippen LogP contribution in [0.5, 0.6) is 0 Å². The third kappa shape index (κ3) is 2.03. The van der Waals surface area contributed by atoms with Crippen molar-refractivity contribution in [3.63, 3.8) is 0 Å². The van der Waals surface area contributed by atoms with Gasteiger partial charge in [0.25, 0.3) is 0 Å².